The zero-order chi connectivity index (χ0) is 19.1. The zero-order valence-corrected chi connectivity index (χ0v) is 14.7. The smallest absolute Gasteiger partial charge is 0.408 e. The van der Waals surface area contributed by atoms with Crippen molar-refractivity contribution in [3.05, 3.63) is 35.9 Å². The number of carbonyl (C=O) groups is 4. The Labute approximate surface area is 151 Å². The number of esters is 1. The average Bonchev–Trinajstić information content (AvgIpc) is 2.90. The Kier molecular flexibility index (Phi) is 6.71. The maximum absolute atomic E-state index is 12.3. The van der Waals surface area contributed by atoms with Crippen molar-refractivity contribution in [2.45, 2.75) is 45.4 Å². The van der Waals surface area contributed by atoms with Crippen LogP contribution in [0, 0.1) is 5.92 Å². The van der Waals surface area contributed by atoms with E-state index in [9.17, 15) is 19.2 Å². The number of nitrogens with one attached hydrogen (secondary N) is 2. The standard InChI is InChI=1S/C18H22N2O6/c1-11(2)8-13(17(23)26-14-9-15(21)20-16(14)22)19-18(24)25-10-12-6-4-3-5-7-12/h3-7,11,13-14H,8-10H2,1-2H3,(H,19,24)(H,20,21,22)/t13-,14-/m0/s1. The molecule has 1 fully saturated rings. The lowest BCUT2D eigenvalue weighted by molar-refractivity contribution is -0.156. The molecule has 0 bridgehead atoms. The fourth-order valence-corrected chi connectivity index (χ4v) is 2.44. The SMILES string of the molecule is CC(C)C[C@H](NC(=O)OCc1ccccc1)C(=O)O[C@H]1CC(=O)NC1=O. The summed E-state index contributed by atoms with van der Waals surface area (Å²) in [6.45, 7) is 3.82. The van der Waals surface area contributed by atoms with Gasteiger partial charge >= 0.3 is 12.1 Å². The van der Waals surface area contributed by atoms with Crippen LogP contribution in [0.5, 0.6) is 0 Å². The molecule has 0 spiro atoms. The molecular formula is C18H22N2O6. The van der Waals surface area contributed by atoms with Gasteiger partial charge in [-0.1, -0.05) is 44.2 Å². The number of ether oxygens (including phenoxy) is 2. The van der Waals surface area contributed by atoms with E-state index in [1.165, 1.54) is 0 Å². The van der Waals surface area contributed by atoms with E-state index in [4.69, 9.17) is 9.47 Å². The van der Waals surface area contributed by atoms with Crippen LogP contribution in [-0.4, -0.2) is 36.0 Å². The first-order chi connectivity index (χ1) is 12.3. The first-order valence-corrected chi connectivity index (χ1v) is 8.36. The minimum Gasteiger partial charge on any atom is -0.450 e. The molecule has 1 heterocycles. The van der Waals surface area contributed by atoms with Gasteiger partial charge in [-0.25, -0.2) is 9.59 Å². The lowest BCUT2D eigenvalue weighted by atomic mass is 10.0. The monoisotopic (exact) mass is 362 g/mol. The quantitative estimate of drug-likeness (QED) is 0.558. The minimum atomic E-state index is -1.16. The van der Waals surface area contributed by atoms with Gasteiger partial charge in [0.05, 0.1) is 6.42 Å². The molecule has 1 aromatic carbocycles. The lowest BCUT2D eigenvalue weighted by Crippen LogP contribution is -2.44. The molecule has 0 aliphatic carbocycles. The summed E-state index contributed by atoms with van der Waals surface area (Å²) in [5.41, 5.74) is 0.812. The highest BCUT2D eigenvalue weighted by molar-refractivity contribution is 6.05. The van der Waals surface area contributed by atoms with Crippen molar-refractivity contribution < 1.29 is 28.7 Å². The highest BCUT2D eigenvalue weighted by Crippen LogP contribution is 2.12. The maximum atomic E-state index is 12.3. The van der Waals surface area contributed by atoms with Crippen LogP contribution < -0.4 is 10.6 Å². The van der Waals surface area contributed by atoms with E-state index in [-0.39, 0.29) is 18.9 Å². The van der Waals surface area contributed by atoms with Crippen LogP contribution in [0.25, 0.3) is 0 Å². The Morgan fingerprint density at radius 2 is 1.92 bits per heavy atom. The Morgan fingerprint density at radius 1 is 1.23 bits per heavy atom. The first-order valence-electron chi connectivity index (χ1n) is 8.36. The van der Waals surface area contributed by atoms with Gasteiger partial charge in [-0.05, 0) is 17.9 Å². The highest BCUT2D eigenvalue weighted by atomic mass is 16.6. The van der Waals surface area contributed by atoms with Gasteiger partial charge in [0.2, 0.25) is 5.91 Å². The third-order valence-corrected chi connectivity index (χ3v) is 3.68. The number of imide groups is 1. The van der Waals surface area contributed by atoms with Crippen LogP contribution in [0.2, 0.25) is 0 Å². The summed E-state index contributed by atoms with van der Waals surface area (Å²) in [6.07, 6.45) is -1.82. The summed E-state index contributed by atoms with van der Waals surface area (Å²) in [7, 11) is 0. The summed E-state index contributed by atoms with van der Waals surface area (Å²) < 4.78 is 10.2. The van der Waals surface area contributed by atoms with Crippen molar-refractivity contribution >= 4 is 23.9 Å². The summed E-state index contributed by atoms with van der Waals surface area (Å²) in [4.78, 5) is 47.0. The number of hydrogen-bond acceptors (Lipinski definition) is 6. The third-order valence-electron chi connectivity index (χ3n) is 3.68. The molecule has 1 aliphatic rings. The Balaban J connectivity index is 1.90. The second kappa shape index (κ2) is 8.98. The van der Waals surface area contributed by atoms with Gasteiger partial charge in [-0.3, -0.25) is 14.9 Å². The van der Waals surface area contributed by atoms with Crippen LogP contribution in [0.4, 0.5) is 4.79 Å². The molecule has 3 amide bonds. The molecule has 1 aliphatic heterocycles. The van der Waals surface area contributed by atoms with E-state index < -0.39 is 36.0 Å². The predicted octanol–water partition coefficient (Wildman–Crippen LogP) is 1.29. The fourth-order valence-electron chi connectivity index (χ4n) is 2.44. The highest BCUT2D eigenvalue weighted by Gasteiger charge is 2.36. The molecule has 0 aromatic heterocycles. The predicted molar refractivity (Wildman–Crippen MR) is 90.7 cm³/mol. The number of amides is 3. The largest absolute Gasteiger partial charge is 0.450 e. The Hall–Kier alpha value is -2.90. The molecule has 1 aromatic rings. The maximum Gasteiger partial charge on any atom is 0.408 e. The van der Waals surface area contributed by atoms with Gasteiger partial charge < -0.3 is 14.8 Å². The van der Waals surface area contributed by atoms with Crippen molar-refractivity contribution in [1.82, 2.24) is 10.6 Å². The molecule has 1 saturated heterocycles. The van der Waals surface area contributed by atoms with E-state index in [1.54, 1.807) is 0 Å². The summed E-state index contributed by atoms with van der Waals surface area (Å²) >= 11 is 0. The van der Waals surface area contributed by atoms with Gasteiger partial charge in [0.25, 0.3) is 5.91 Å². The number of carbonyl (C=O) groups excluding carboxylic acids is 4. The summed E-state index contributed by atoms with van der Waals surface area (Å²) in [5, 5.41) is 4.53. The topological polar surface area (TPSA) is 111 Å². The van der Waals surface area contributed by atoms with Gasteiger partial charge in [0, 0.05) is 0 Å². The molecule has 8 heteroatoms. The molecule has 2 N–H and O–H groups in total. The lowest BCUT2D eigenvalue weighted by Gasteiger charge is -2.20. The van der Waals surface area contributed by atoms with Crippen molar-refractivity contribution in [3.63, 3.8) is 0 Å². The van der Waals surface area contributed by atoms with Gasteiger partial charge in [0.15, 0.2) is 6.10 Å². The molecule has 140 valence electrons. The zero-order valence-electron chi connectivity index (χ0n) is 14.7. The second-order valence-corrected chi connectivity index (χ2v) is 6.43. The molecule has 0 unspecified atom stereocenters. The van der Waals surface area contributed by atoms with Crippen molar-refractivity contribution in [2.75, 3.05) is 0 Å². The van der Waals surface area contributed by atoms with Crippen LogP contribution in [0.3, 0.4) is 0 Å². The van der Waals surface area contributed by atoms with Gasteiger partial charge in [-0.15, -0.1) is 0 Å². The molecular weight excluding hydrogens is 340 g/mol. The van der Waals surface area contributed by atoms with Crippen LogP contribution in [0.15, 0.2) is 30.3 Å². The molecule has 2 atom stereocenters. The Morgan fingerprint density at radius 3 is 2.50 bits per heavy atom. The molecule has 0 radical (unpaired) electrons. The van der Waals surface area contributed by atoms with Crippen LogP contribution in [0.1, 0.15) is 32.3 Å². The van der Waals surface area contributed by atoms with Gasteiger partial charge in [-0.2, -0.15) is 0 Å². The minimum absolute atomic E-state index is 0.0651. The Bertz CT molecular complexity index is 674. The van der Waals surface area contributed by atoms with Crippen LogP contribution >= 0.6 is 0 Å². The van der Waals surface area contributed by atoms with Crippen molar-refractivity contribution in [1.29, 1.82) is 0 Å². The van der Waals surface area contributed by atoms with E-state index in [1.807, 2.05) is 44.2 Å². The van der Waals surface area contributed by atoms with E-state index in [2.05, 4.69) is 10.6 Å². The summed E-state index contributed by atoms with van der Waals surface area (Å²) in [5.74, 6) is -1.84. The molecule has 26 heavy (non-hydrogen) atoms. The average molecular weight is 362 g/mol. The number of rotatable bonds is 7. The van der Waals surface area contributed by atoms with E-state index in [0.717, 1.165) is 5.56 Å². The number of alkyl carbamates (subject to hydrolysis) is 1. The molecule has 0 saturated carbocycles. The third kappa shape index (κ3) is 5.87. The molecule has 8 nitrogen and oxygen atoms in total. The number of hydrogen-bond donors (Lipinski definition) is 2. The van der Waals surface area contributed by atoms with E-state index in [0.29, 0.717) is 6.42 Å². The summed E-state index contributed by atoms with van der Waals surface area (Å²) in [6, 6.07) is 8.14. The normalized spacial score (nSPS) is 17.6. The van der Waals surface area contributed by atoms with Crippen LogP contribution in [-0.2, 0) is 30.5 Å². The fraction of sp³-hybridized carbons (Fsp3) is 0.444. The first kappa shape index (κ1) is 19.4. The second-order valence-electron chi connectivity index (χ2n) is 6.43. The van der Waals surface area contributed by atoms with Crippen molar-refractivity contribution in [2.24, 2.45) is 5.92 Å². The number of benzene rings is 1. The van der Waals surface area contributed by atoms with Crippen molar-refractivity contribution in [3.8, 4) is 0 Å². The van der Waals surface area contributed by atoms with E-state index >= 15 is 0 Å². The van der Waals surface area contributed by atoms with Gasteiger partial charge in [0.1, 0.15) is 12.6 Å². The molecule has 2 rings (SSSR count).